The van der Waals surface area contributed by atoms with E-state index in [0.717, 1.165) is 25.4 Å². The van der Waals surface area contributed by atoms with Crippen LogP contribution < -0.4 is 5.32 Å². The zero-order chi connectivity index (χ0) is 9.97. The standard InChI is InChI=1S/C10H17N3O/c1-8-5-13(6-9(2)12-8)7-10-3-4-11-14-10/h3-4,8-9,12H,5-7H2,1-2H3. The molecule has 0 radical (unpaired) electrons. The van der Waals surface area contributed by atoms with Crippen LogP contribution in [-0.4, -0.2) is 35.2 Å². The van der Waals surface area contributed by atoms with Crippen LogP contribution in [0.15, 0.2) is 16.8 Å². The van der Waals surface area contributed by atoms with Crippen LogP contribution in [0.25, 0.3) is 0 Å². The molecule has 78 valence electrons. The fraction of sp³-hybridized carbons (Fsp3) is 0.700. The van der Waals surface area contributed by atoms with E-state index >= 15 is 0 Å². The number of rotatable bonds is 2. The van der Waals surface area contributed by atoms with E-state index in [1.54, 1.807) is 6.20 Å². The molecule has 1 aromatic rings. The lowest BCUT2D eigenvalue weighted by Crippen LogP contribution is -2.53. The van der Waals surface area contributed by atoms with Gasteiger partial charge < -0.3 is 9.84 Å². The zero-order valence-electron chi connectivity index (χ0n) is 8.73. The van der Waals surface area contributed by atoms with Crippen molar-refractivity contribution in [3.63, 3.8) is 0 Å². The van der Waals surface area contributed by atoms with Crippen molar-refractivity contribution in [2.75, 3.05) is 13.1 Å². The van der Waals surface area contributed by atoms with Gasteiger partial charge in [-0.25, -0.2) is 0 Å². The van der Waals surface area contributed by atoms with Crippen LogP contribution in [0.3, 0.4) is 0 Å². The van der Waals surface area contributed by atoms with Crippen LogP contribution in [0, 0.1) is 0 Å². The predicted molar refractivity (Wildman–Crippen MR) is 53.8 cm³/mol. The summed E-state index contributed by atoms with van der Waals surface area (Å²) >= 11 is 0. The van der Waals surface area contributed by atoms with E-state index in [-0.39, 0.29) is 0 Å². The highest BCUT2D eigenvalue weighted by molar-refractivity contribution is 4.94. The van der Waals surface area contributed by atoms with E-state index in [2.05, 4.69) is 29.2 Å². The van der Waals surface area contributed by atoms with Gasteiger partial charge in [-0.05, 0) is 13.8 Å². The number of hydrogen-bond acceptors (Lipinski definition) is 4. The molecule has 1 aromatic heterocycles. The average Bonchev–Trinajstić information content (AvgIpc) is 2.54. The summed E-state index contributed by atoms with van der Waals surface area (Å²) in [5, 5.41) is 7.21. The highest BCUT2D eigenvalue weighted by Gasteiger charge is 2.21. The van der Waals surface area contributed by atoms with Crippen molar-refractivity contribution in [2.45, 2.75) is 32.5 Å². The first kappa shape index (κ1) is 9.68. The second-order valence-corrected chi connectivity index (χ2v) is 4.14. The fourth-order valence-electron chi connectivity index (χ4n) is 2.11. The van der Waals surface area contributed by atoms with Gasteiger partial charge in [0.05, 0.1) is 12.7 Å². The first-order valence-electron chi connectivity index (χ1n) is 5.12. The lowest BCUT2D eigenvalue weighted by Gasteiger charge is -2.35. The molecule has 0 bridgehead atoms. The SMILES string of the molecule is CC1CN(Cc2ccno2)CC(C)N1. The largest absolute Gasteiger partial charge is 0.360 e. The third-order valence-corrected chi connectivity index (χ3v) is 2.50. The fourth-order valence-corrected chi connectivity index (χ4v) is 2.11. The summed E-state index contributed by atoms with van der Waals surface area (Å²) in [5.41, 5.74) is 0. The maximum atomic E-state index is 5.09. The molecule has 0 spiro atoms. The molecule has 1 aliphatic rings. The maximum absolute atomic E-state index is 5.09. The predicted octanol–water partition coefficient (Wildman–Crippen LogP) is 0.857. The summed E-state index contributed by atoms with van der Waals surface area (Å²) in [6.45, 7) is 7.44. The summed E-state index contributed by atoms with van der Waals surface area (Å²) in [6, 6.07) is 3.04. The first-order valence-corrected chi connectivity index (χ1v) is 5.12. The summed E-state index contributed by atoms with van der Waals surface area (Å²) < 4.78 is 5.09. The van der Waals surface area contributed by atoms with Crippen molar-refractivity contribution in [1.82, 2.24) is 15.4 Å². The average molecular weight is 195 g/mol. The Hall–Kier alpha value is -0.870. The highest BCUT2D eigenvalue weighted by Crippen LogP contribution is 2.09. The van der Waals surface area contributed by atoms with Gasteiger partial charge in [0.1, 0.15) is 0 Å². The number of nitrogens with zero attached hydrogens (tertiary/aromatic N) is 2. The molecular weight excluding hydrogens is 178 g/mol. The number of hydrogen-bond donors (Lipinski definition) is 1. The minimum atomic E-state index is 0.557. The van der Waals surface area contributed by atoms with Crippen molar-refractivity contribution in [2.24, 2.45) is 0 Å². The van der Waals surface area contributed by atoms with E-state index in [0.29, 0.717) is 12.1 Å². The molecule has 1 aliphatic heterocycles. The summed E-state index contributed by atoms with van der Waals surface area (Å²) in [6.07, 6.45) is 1.70. The lowest BCUT2D eigenvalue weighted by molar-refractivity contribution is 0.152. The normalized spacial score (nSPS) is 29.3. The van der Waals surface area contributed by atoms with Gasteiger partial charge in [0, 0.05) is 31.2 Å². The molecule has 1 N–H and O–H groups in total. The van der Waals surface area contributed by atoms with Gasteiger partial charge in [-0.15, -0.1) is 0 Å². The quantitative estimate of drug-likeness (QED) is 0.760. The Balaban J connectivity index is 1.91. The van der Waals surface area contributed by atoms with Crippen LogP contribution in [0.4, 0.5) is 0 Å². The molecule has 2 rings (SSSR count). The number of aromatic nitrogens is 1. The minimum absolute atomic E-state index is 0.557. The second-order valence-electron chi connectivity index (χ2n) is 4.14. The summed E-state index contributed by atoms with van der Waals surface area (Å²) in [4.78, 5) is 2.40. The van der Waals surface area contributed by atoms with E-state index in [4.69, 9.17) is 4.52 Å². The molecule has 14 heavy (non-hydrogen) atoms. The van der Waals surface area contributed by atoms with E-state index in [9.17, 15) is 0 Å². The molecule has 1 saturated heterocycles. The molecule has 2 atom stereocenters. The third kappa shape index (κ3) is 2.33. The van der Waals surface area contributed by atoms with E-state index in [1.807, 2.05) is 6.07 Å². The molecular formula is C10H17N3O. The van der Waals surface area contributed by atoms with Crippen LogP contribution >= 0.6 is 0 Å². The maximum Gasteiger partial charge on any atom is 0.150 e. The van der Waals surface area contributed by atoms with E-state index in [1.165, 1.54) is 0 Å². The van der Waals surface area contributed by atoms with Crippen LogP contribution in [0.1, 0.15) is 19.6 Å². The summed E-state index contributed by atoms with van der Waals surface area (Å²) in [5.74, 6) is 0.950. The Kier molecular flexibility index (Phi) is 2.84. The Morgan fingerprint density at radius 1 is 1.50 bits per heavy atom. The van der Waals surface area contributed by atoms with Crippen LogP contribution in [-0.2, 0) is 6.54 Å². The molecule has 0 aliphatic carbocycles. The van der Waals surface area contributed by atoms with Crippen molar-refractivity contribution in [1.29, 1.82) is 0 Å². The van der Waals surface area contributed by atoms with Gasteiger partial charge in [0.2, 0.25) is 0 Å². The first-order chi connectivity index (χ1) is 6.74. The van der Waals surface area contributed by atoms with Crippen molar-refractivity contribution >= 4 is 0 Å². The van der Waals surface area contributed by atoms with Gasteiger partial charge >= 0.3 is 0 Å². The third-order valence-electron chi connectivity index (χ3n) is 2.50. The zero-order valence-corrected chi connectivity index (χ0v) is 8.73. The van der Waals surface area contributed by atoms with Crippen LogP contribution in [0.5, 0.6) is 0 Å². The summed E-state index contributed by atoms with van der Waals surface area (Å²) in [7, 11) is 0. The van der Waals surface area contributed by atoms with Gasteiger partial charge in [0.25, 0.3) is 0 Å². The Labute approximate surface area is 84.3 Å². The molecule has 2 heterocycles. The second kappa shape index (κ2) is 4.11. The highest BCUT2D eigenvalue weighted by atomic mass is 16.5. The van der Waals surface area contributed by atoms with Crippen molar-refractivity contribution in [3.8, 4) is 0 Å². The minimum Gasteiger partial charge on any atom is -0.360 e. The molecule has 1 fully saturated rings. The number of nitrogens with one attached hydrogen (secondary N) is 1. The molecule has 4 nitrogen and oxygen atoms in total. The smallest absolute Gasteiger partial charge is 0.150 e. The Morgan fingerprint density at radius 2 is 2.21 bits per heavy atom. The molecule has 4 heteroatoms. The van der Waals surface area contributed by atoms with E-state index < -0.39 is 0 Å². The number of piperazine rings is 1. The Bertz CT molecular complexity index is 263. The monoisotopic (exact) mass is 195 g/mol. The molecule has 2 unspecified atom stereocenters. The van der Waals surface area contributed by atoms with Gasteiger partial charge in [-0.2, -0.15) is 0 Å². The molecule has 0 saturated carbocycles. The van der Waals surface area contributed by atoms with Crippen molar-refractivity contribution < 1.29 is 4.52 Å². The van der Waals surface area contributed by atoms with Gasteiger partial charge in [0.15, 0.2) is 5.76 Å². The Morgan fingerprint density at radius 3 is 2.79 bits per heavy atom. The van der Waals surface area contributed by atoms with Crippen LogP contribution in [0.2, 0.25) is 0 Å². The lowest BCUT2D eigenvalue weighted by atomic mass is 10.1. The molecule has 0 amide bonds. The van der Waals surface area contributed by atoms with Crippen molar-refractivity contribution in [3.05, 3.63) is 18.0 Å². The molecule has 0 aromatic carbocycles. The van der Waals surface area contributed by atoms with Gasteiger partial charge in [-0.1, -0.05) is 5.16 Å². The topological polar surface area (TPSA) is 41.3 Å². The van der Waals surface area contributed by atoms with Gasteiger partial charge in [-0.3, -0.25) is 4.90 Å².